The van der Waals surface area contributed by atoms with Gasteiger partial charge in [-0.05, 0) is 25.0 Å². The van der Waals surface area contributed by atoms with Gasteiger partial charge in [-0.3, -0.25) is 14.9 Å². The second kappa shape index (κ2) is 7.37. The van der Waals surface area contributed by atoms with Gasteiger partial charge in [-0.1, -0.05) is 0 Å². The molecule has 1 amide bonds. The van der Waals surface area contributed by atoms with Gasteiger partial charge in [-0.25, -0.2) is 8.78 Å². The predicted molar refractivity (Wildman–Crippen MR) is 82.2 cm³/mol. The van der Waals surface area contributed by atoms with Crippen LogP contribution in [0.1, 0.15) is 34.9 Å². The molecule has 24 heavy (non-hydrogen) atoms. The van der Waals surface area contributed by atoms with Gasteiger partial charge < -0.3 is 9.64 Å². The molecule has 1 aliphatic heterocycles. The SMILES string of the molecule is O=C(c1cc(OCC(F)F)ccn1)N1CCCC(c2ccn[nH]2)C1. The van der Waals surface area contributed by atoms with E-state index in [1.54, 1.807) is 11.1 Å². The number of hydrogen-bond donors (Lipinski definition) is 1. The van der Waals surface area contributed by atoms with Gasteiger partial charge in [0.05, 0.1) is 0 Å². The highest BCUT2D eigenvalue weighted by Gasteiger charge is 2.27. The van der Waals surface area contributed by atoms with Gasteiger partial charge in [-0.2, -0.15) is 5.10 Å². The van der Waals surface area contributed by atoms with Crippen LogP contribution in [0.5, 0.6) is 5.75 Å². The van der Waals surface area contributed by atoms with Crippen molar-refractivity contribution in [1.82, 2.24) is 20.1 Å². The molecule has 3 heterocycles. The van der Waals surface area contributed by atoms with E-state index in [0.717, 1.165) is 18.5 Å². The summed E-state index contributed by atoms with van der Waals surface area (Å²) in [5, 5.41) is 6.90. The first-order valence-electron chi connectivity index (χ1n) is 7.79. The molecule has 0 spiro atoms. The zero-order valence-corrected chi connectivity index (χ0v) is 13.0. The van der Waals surface area contributed by atoms with Crippen LogP contribution in [0.15, 0.2) is 30.6 Å². The molecular weight excluding hydrogens is 318 g/mol. The molecule has 1 atom stereocenters. The smallest absolute Gasteiger partial charge is 0.272 e. The Kier molecular flexibility index (Phi) is 5.02. The maximum atomic E-state index is 12.6. The Morgan fingerprint density at radius 2 is 2.29 bits per heavy atom. The lowest BCUT2D eigenvalue weighted by atomic mass is 9.94. The first kappa shape index (κ1) is 16.4. The normalized spacial score (nSPS) is 18.0. The Morgan fingerprint density at radius 3 is 3.04 bits per heavy atom. The highest BCUT2D eigenvalue weighted by molar-refractivity contribution is 5.92. The lowest BCUT2D eigenvalue weighted by Crippen LogP contribution is -2.39. The van der Waals surface area contributed by atoms with Crippen LogP contribution in [0.4, 0.5) is 8.78 Å². The van der Waals surface area contributed by atoms with Gasteiger partial charge >= 0.3 is 0 Å². The highest BCUT2D eigenvalue weighted by Crippen LogP contribution is 2.26. The first-order chi connectivity index (χ1) is 11.6. The molecule has 1 fully saturated rings. The molecule has 128 valence electrons. The minimum absolute atomic E-state index is 0.201. The Labute approximate surface area is 137 Å². The van der Waals surface area contributed by atoms with Crippen LogP contribution < -0.4 is 4.74 Å². The van der Waals surface area contributed by atoms with Gasteiger partial charge in [-0.15, -0.1) is 0 Å². The number of carbonyl (C=O) groups excluding carboxylic acids is 1. The number of pyridine rings is 1. The number of rotatable bonds is 5. The fourth-order valence-electron chi connectivity index (χ4n) is 2.85. The van der Waals surface area contributed by atoms with Crippen LogP contribution in [-0.2, 0) is 0 Å². The number of halogens is 2. The van der Waals surface area contributed by atoms with E-state index in [4.69, 9.17) is 4.74 Å². The average Bonchev–Trinajstić information content (AvgIpc) is 3.14. The van der Waals surface area contributed by atoms with E-state index in [1.165, 1.54) is 18.3 Å². The molecule has 0 aliphatic carbocycles. The fourth-order valence-corrected chi connectivity index (χ4v) is 2.85. The van der Waals surface area contributed by atoms with E-state index in [0.29, 0.717) is 13.1 Å². The predicted octanol–water partition coefficient (Wildman–Crippen LogP) is 2.47. The number of nitrogens with one attached hydrogen (secondary N) is 1. The molecule has 6 nitrogen and oxygen atoms in total. The van der Waals surface area contributed by atoms with E-state index < -0.39 is 13.0 Å². The number of H-pyrrole nitrogens is 1. The summed E-state index contributed by atoms with van der Waals surface area (Å²) in [6.07, 6.45) is 2.40. The van der Waals surface area contributed by atoms with Crippen LogP contribution in [0.3, 0.4) is 0 Å². The van der Waals surface area contributed by atoms with Crippen molar-refractivity contribution < 1.29 is 18.3 Å². The number of alkyl halides is 2. The largest absolute Gasteiger partial charge is 0.488 e. The summed E-state index contributed by atoms with van der Waals surface area (Å²) in [5.41, 5.74) is 1.21. The molecule has 1 aliphatic rings. The van der Waals surface area contributed by atoms with E-state index in [9.17, 15) is 13.6 Å². The quantitative estimate of drug-likeness (QED) is 0.910. The fraction of sp³-hybridized carbons (Fsp3) is 0.438. The van der Waals surface area contributed by atoms with Crippen LogP contribution in [-0.4, -0.2) is 52.1 Å². The Bertz CT molecular complexity index is 678. The summed E-state index contributed by atoms with van der Waals surface area (Å²) in [7, 11) is 0. The molecule has 0 radical (unpaired) electrons. The van der Waals surface area contributed by atoms with Crippen molar-refractivity contribution in [3.8, 4) is 5.75 Å². The van der Waals surface area contributed by atoms with Crippen molar-refractivity contribution in [2.45, 2.75) is 25.2 Å². The zero-order valence-electron chi connectivity index (χ0n) is 13.0. The second-order valence-electron chi connectivity index (χ2n) is 5.68. The van der Waals surface area contributed by atoms with Gasteiger partial charge in [0.25, 0.3) is 12.3 Å². The summed E-state index contributed by atoms with van der Waals surface area (Å²) < 4.78 is 29.4. The number of aromatic nitrogens is 3. The van der Waals surface area contributed by atoms with Crippen molar-refractivity contribution in [2.24, 2.45) is 0 Å². The maximum absolute atomic E-state index is 12.6. The van der Waals surface area contributed by atoms with Crippen molar-refractivity contribution in [3.05, 3.63) is 42.0 Å². The third-order valence-electron chi connectivity index (χ3n) is 4.00. The number of nitrogens with zero attached hydrogens (tertiary/aromatic N) is 3. The van der Waals surface area contributed by atoms with Crippen LogP contribution in [0.2, 0.25) is 0 Å². The van der Waals surface area contributed by atoms with Crippen molar-refractivity contribution in [2.75, 3.05) is 19.7 Å². The standard InChI is InChI=1S/C16H18F2N4O2/c17-15(18)10-24-12-3-5-19-14(8-12)16(23)22-7-1-2-11(9-22)13-4-6-20-21-13/h3-6,8,11,15H,1-2,7,9-10H2,(H,20,21). The third kappa shape index (κ3) is 3.87. The van der Waals surface area contributed by atoms with Crippen molar-refractivity contribution in [1.29, 1.82) is 0 Å². The topological polar surface area (TPSA) is 71.1 Å². The number of carbonyl (C=O) groups is 1. The molecule has 1 N–H and O–H groups in total. The van der Waals surface area contributed by atoms with E-state index >= 15 is 0 Å². The van der Waals surface area contributed by atoms with Crippen LogP contribution >= 0.6 is 0 Å². The summed E-state index contributed by atoms with van der Waals surface area (Å²) in [6.45, 7) is 0.515. The molecule has 8 heteroatoms. The molecular formula is C16H18F2N4O2. The lowest BCUT2D eigenvalue weighted by molar-refractivity contribution is 0.0697. The van der Waals surface area contributed by atoms with E-state index in [-0.39, 0.29) is 23.3 Å². The molecule has 0 saturated carbocycles. The minimum atomic E-state index is -2.56. The number of ether oxygens (including phenoxy) is 1. The summed E-state index contributed by atoms with van der Waals surface area (Å²) in [6, 6.07) is 4.78. The lowest BCUT2D eigenvalue weighted by Gasteiger charge is -2.32. The average molecular weight is 336 g/mol. The Hall–Kier alpha value is -2.51. The maximum Gasteiger partial charge on any atom is 0.272 e. The molecule has 0 aromatic carbocycles. The molecule has 2 aromatic heterocycles. The number of piperidine rings is 1. The van der Waals surface area contributed by atoms with Gasteiger partial charge in [0.2, 0.25) is 0 Å². The Balaban J connectivity index is 1.68. The second-order valence-corrected chi connectivity index (χ2v) is 5.68. The number of aromatic amines is 1. The van der Waals surface area contributed by atoms with Crippen molar-refractivity contribution in [3.63, 3.8) is 0 Å². The van der Waals surface area contributed by atoms with Crippen molar-refractivity contribution >= 4 is 5.91 Å². The molecule has 1 saturated heterocycles. The molecule has 2 aromatic rings. The zero-order chi connectivity index (χ0) is 16.9. The minimum Gasteiger partial charge on any atom is -0.488 e. The van der Waals surface area contributed by atoms with Gasteiger partial charge in [0, 0.05) is 43.2 Å². The molecule has 0 bridgehead atoms. The van der Waals surface area contributed by atoms with Gasteiger partial charge in [0.1, 0.15) is 18.1 Å². The first-order valence-corrected chi connectivity index (χ1v) is 7.79. The summed E-state index contributed by atoms with van der Waals surface area (Å²) in [4.78, 5) is 18.4. The summed E-state index contributed by atoms with van der Waals surface area (Å²) >= 11 is 0. The third-order valence-corrected chi connectivity index (χ3v) is 4.00. The highest BCUT2D eigenvalue weighted by atomic mass is 19.3. The summed E-state index contributed by atoms with van der Waals surface area (Å²) in [5.74, 6) is 0.209. The number of hydrogen-bond acceptors (Lipinski definition) is 4. The van der Waals surface area contributed by atoms with E-state index in [1.807, 2.05) is 6.07 Å². The van der Waals surface area contributed by atoms with Crippen LogP contribution in [0, 0.1) is 0 Å². The Morgan fingerprint density at radius 1 is 1.42 bits per heavy atom. The molecule has 1 unspecified atom stereocenters. The van der Waals surface area contributed by atoms with E-state index in [2.05, 4.69) is 15.2 Å². The van der Waals surface area contributed by atoms with Crippen LogP contribution in [0.25, 0.3) is 0 Å². The van der Waals surface area contributed by atoms with Gasteiger partial charge in [0.15, 0.2) is 0 Å². The number of amides is 1. The molecule has 3 rings (SSSR count). The number of likely N-dealkylation sites (tertiary alicyclic amines) is 1. The monoisotopic (exact) mass is 336 g/mol.